The van der Waals surface area contributed by atoms with E-state index in [4.69, 9.17) is 5.11 Å². The Morgan fingerprint density at radius 1 is 1.19 bits per heavy atom. The van der Waals surface area contributed by atoms with Crippen LogP contribution in [0.5, 0.6) is 0 Å². The van der Waals surface area contributed by atoms with Gasteiger partial charge >= 0.3 is 5.97 Å². The number of hydrogen-bond acceptors (Lipinski definition) is 2. The molecule has 0 radical (unpaired) electrons. The second kappa shape index (κ2) is 5.67. The summed E-state index contributed by atoms with van der Waals surface area (Å²) in [6.45, 7) is 1.08. The van der Waals surface area contributed by atoms with Crippen LogP contribution in [0, 0.1) is 11.8 Å². The van der Waals surface area contributed by atoms with Gasteiger partial charge in [0.25, 0.3) is 0 Å². The van der Waals surface area contributed by atoms with E-state index in [2.05, 4.69) is 5.32 Å². The Balaban J connectivity index is 1.62. The summed E-state index contributed by atoms with van der Waals surface area (Å²) in [7, 11) is 0. The van der Waals surface area contributed by atoms with Crippen LogP contribution in [-0.4, -0.2) is 23.7 Å². The molecule has 0 spiro atoms. The molecule has 2 saturated carbocycles. The third-order valence-electron chi connectivity index (χ3n) is 4.23. The lowest BCUT2D eigenvalue weighted by atomic mass is 9.82. The summed E-state index contributed by atoms with van der Waals surface area (Å²) in [5, 5.41) is 12.5. The van der Waals surface area contributed by atoms with Crippen LogP contribution in [0.1, 0.15) is 51.4 Å². The monoisotopic (exact) mass is 225 g/mol. The maximum absolute atomic E-state index is 10.9. The number of nitrogens with one attached hydrogen (secondary N) is 1. The lowest BCUT2D eigenvalue weighted by Gasteiger charge is -2.30. The van der Waals surface area contributed by atoms with Gasteiger partial charge < -0.3 is 10.4 Å². The van der Waals surface area contributed by atoms with Gasteiger partial charge in [-0.15, -0.1) is 0 Å². The van der Waals surface area contributed by atoms with Crippen LogP contribution < -0.4 is 5.32 Å². The fraction of sp³-hybridized carbons (Fsp3) is 0.923. The second-order valence-corrected chi connectivity index (χ2v) is 5.44. The van der Waals surface area contributed by atoms with Crippen LogP contribution in [0.15, 0.2) is 0 Å². The van der Waals surface area contributed by atoms with E-state index >= 15 is 0 Å². The molecule has 92 valence electrons. The zero-order valence-corrected chi connectivity index (χ0v) is 9.95. The number of rotatable bonds is 5. The lowest BCUT2D eigenvalue weighted by molar-refractivity contribution is -0.143. The van der Waals surface area contributed by atoms with Crippen molar-refractivity contribution < 1.29 is 9.90 Å². The van der Waals surface area contributed by atoms with Gasteiger partial charge in [-0.05, 0) is 38.1 Å². The van der Waals surface area contributed by atoms with Gasteiger partial charge in [-0.3, -0.25) is 4.79 Å². The van der Waals surface area contributed by atoms with Gasteiger partial charge in [0.15, 0.2) is 0 Å². The summed E-state index contributed by atoms with van der Waals surface area (Å²) in [5.41, 5.74) is 0. The normalized spacial score (nSPS) is 31.0. The van der Waals surface area contributed by atoms with Crippen molar-refractivity contribution in [2.45, 2.75) is 57.4 Å². The molecule has 0 aromatic rings. The Labute approximate surface area is 97.6 Å². The fourth-order valence-corrected chi connectivity index (χ4v) is 2.87. The van der Waals surface area contributed by atoms with Crippen LogP contribution in [0.4, 0.5) is 0 Å². The van der Waals surface area contributed by atoms with Crippen LogP contribution in [0.2, 0.25) is 0 Å². The highest BCUT2D eigenvalue weighted by molar-refractivity contribution is 5.70. The molecule has 3 heteroatoms. The molecule has 2 aliphatic rings. The van der Waals surface area contributed by atoms with Gasteiger partial charge in [-0.1, -0.05) is 25.7 Å². The van der Waals surface area contributed by atoms with E-state index in [1.54, 1.807) is 0 Å². The quantitative estimate of drug-likeness (QED) is 0.755. The predicted octanol–water partition coefficient (Wildman–Crippen LogP) is 2.41. The SMILES string of the molecule is O=C(O)C1CCCC(NCCC2CCC2)C1. The minimum absolute atomic E-state index is 0.102. The largest absolute Gasteiger partial charge is 0.481 e. The van der Waals surface area contributed by atoms with Crippen molar-refractivity contribution in [3.05, 3.63) is 0 Å². The second-order valence-electron chi connectivity index (χ2n) is 5.44. The van der Waals surface area contributed by atoms with E-state index in [-0.39, 0.29) is 5.92 Å². The molecule has 16 heavy (non-hydrogen) atoms. The van der Waals surface area contributed by atoms with Crippen LogP contribution in [0.25, 0.3) is 0 Å². The maximum Gasteiger partial charge on any atom is 0.306 e. The summed E-state index contributed by atoms with van der Waals surface area (Å²) in [5.74, 6) is 0.242. The molecule has 2 aliphatic carbocycles. The first-order valence-corrected chi connectivity index (χ1v) is 6.72. The molecule has 0 heterocycles. The van der Waals surface area contributed by atoms with E-state index in [0.29, 0.717) is 6.04 Å². The van der Waals surface area contributed by atoms with Crippen LogP contribution >= 0.6 is 0 Å². The number of carbonyl (C=O) groups is 1. The van der Waals surface area contributed by atoms with Crippen molar-refractivity contribution in [3.8, 4) is 0 Å². The van der Waals surface area contributed by atoms with Crippen molar-refractivity contribution in [3.63, 3.8) is 0 Å². The van der Waals surface area contributed by atoms with Crippen molar-refractivity contribution >= 4 is 5.97 Å². The first-order valence-electron chi connectivity index (χ1n) is 6.72. The molecule has 0 aromatic carbocycles. The maximum atomic E-state index is 10.9. The predicted molar refractivity (Wildman–Crippen MR) is 63.3 cm³/mol. The lowest BCUT2D eigenvalue weighted by Crippen LogP contribution is -2.37. The zero-order chi connectivity index (χ0) is 11.4. The fourth-order valence-electron chi connectivity index (χ4n) is 2.87. The molecule has 0 aliphatic heterocycles. The Hall–Kier alpha value is -0.570. The average Bonchev–Trinajstić information content (AvgIpc) is 2.22. The van der Waals surface area contributed by atoms with Crippen LogP contribution in [-0.2, 0) is 4.79 Å². The summed E-state index contributed by atoms with van der Waals surface area (Å²) in [4.78, 5) is 10.9. The smallest absolute Gasteiger partial charge is 0.306 e. The van der Waals surface area contributed by atoms with Gasteiger partial charge in [0, 0.05) is 6.04 Å². The molecular formula is C13H23NO2. The highest BCUT2D eigenvalue weighted by atomic mass is 16.4. The molecule has 0 bridgehead atoms. The Kier molecular flexibility index (Phi) is 4.22. The third-order valence-corrected chi connectivity index (χ3v) is 4.23. The molecule has 2 fully saturated rings. The molecule has 3 nitrogen and oxygen atoms in total. The molecule has 2 N–H and O–H groups in total. The average molecular weight is 225 g/mol. The Morgan fingerprint density at radius 2 is 1.94 bits per heavy atom. The van der Waals surface area contributed by atoms with Crippen molar-refractivity contribution in [1.29, 1.82) is 0 Å². The van der Waals surface area contributed by atoms with Gasteiger partial charge in [-0.25, -0.2) is 0 Å². The van der Waals surface area contributed by atoms with Gasteiger partial charge in [0.1, 0.15) is 0 Å². The molecule has 2 rings (SSSR count). The highest BCUT2D eigenvalue weighted by Gasteiger charge is 2.26. The van der Waals surface area contributed by atoms with Crippen molar-refractivity contribution in [2.24, 2.45) is 11.8 Å². The molecule has 2 unspecified atom stereocenters. The minimum Gasteiger partial charge on any atom is -0.481 e. The van der Waals surface area contributed by atoms with Crippen molar-refractivity contribution in [2.75, 3.05) is 6.54 Å². The van der Waals surface area contributed by atoms with E-state index in [1.165, 1.54) is 25.7 Å². The van der Waals surface area contributed by atoms with E-state index in [1.807, 2.05) is 0 Å². The zero-order valence-electron chi connectivity index (χ0n) is 9.95. The molecular weight excluding hydrogens is 202 g/mol. The van der Waals surface area contributed by atoms with Gasteiger partial charge in [0.05, 0.1) is 5.92 Å². The van der Waals surface area contributed by atoms with Gasteiger partial charge in [0.2, 0.25) is 0 Å². The minimum atomic E-state index is -0.606. The first-order chi connectivity index (χ1) is 7.75. The number of aliphatic carboxylic acids is 1. The number of carboxylic acid groups (broad SMARTS) is 1. The first kappa shape index (κ1) is 11.9. The summed E-state index contributed by atoms with van der Waals surface area (Å²) < 4.78 is 0. The Morgan fingerprint density at radius 3 is 2.56 bits per heavy atom. The summed E-state index contributed by atoms with van der Waals surface area (Å²) in [6, 6.07) is 0.454. The summed E-state index contributed by atoms with van der Waals surface area (Å²) in [6.07, 6.45) is 9.44. The number of hydrogen-bond donors (Lipinski definition) is 2. The molecule has 0 amide bonds. The highest BCUT2D eigenvalue weighted by Crippen LogP contribution is 2.29. The van der Waals surface area contributed by atoms with Crippen molar-refractivity contribution in [1.82, 2.24) is 5.32 Å². The van der Waals surface area contributed by atoms with E-state index in [9.17, 15) is 4.79 Å². The standard InChI is InChI=1S/C13H23NO2/c15-13(16)11-5-2-6-12(9-11)14-8-7-10-3-1-4-10/h10-12,14H,1-9H2,(H,15,16). The van der Waals surface area contributed by atoms with Crippen LogP contribution in [0.3, 0.4) is 0 Å². The molecule has 0 aromatic heterocycles. The third kappa shape index (κ3) is 3.21. The van der Waals surface area contributed by atoms with Gasteiger partial charge in [-0.2, -0.15) is 0 Å². The van der Waals surface area contributed by atoms with E-state index < -0.39 is 5.97 Å². The van der Waals surface area contributed by atoms with E-state index in [0.717, 1.165) is 38.1 Å². The number of carboxylic acids is 1. The molecule has 2 atom stereocenters. The Bertz CT molecular complexity index is 238. The topological polar surface area (TPSA) is 49.3 Å². The molecule has 0 saturated heterocycles. The summed E-state index contributed by atoms with van der Waals surface area (Å²) >= 11 is 0.